The van der Waals surface area contributed by atoms with E-state index < -0.39 is 10.0 Å². The normalized spacial score (nSPS) is 11.4. The largest absolute Gasteiger partial charge is 0.398 e. The third kappa shape index (κ3) is 3.41. The van der Waals surface area contributed by atoms with Gasteiger partial charge >= 0.3 is 0 Å². The van der Waals surface area contributed by atoms with Gasteiger partial charge in [-0.15, -0.1) is 0 Å². The summed E-state index contributed by atoms with van der Waals surface area (Å²) in [5.41, 5.74) is 8.10. The molecule has 0 bridgehead atoms. The maximum Gasteiger partial charge on any atom is 0.264 e. The predicted molar refractivity (Wildman–Crippen MR) is 93.0 cm³/mol. The van der Waals surface area contributed by atoms with Gasteiger partial charge in [0.05, 0.1) is 11.4 Å². The Morgan fingerprint density at radius 3 is 2.19 bits per heavy atom. The highest BCUT2D eigenvalue weighted by atomic mass is 79.9. The summed E-state index contributed by atoms with van der Waals surface area (Å²) >= 11 is 6.74. The van der Waals surface area contributed by atoms with Crippen LogP contribution >= 0.6 is 31.9 Å². The molecule has 2 rings (SSSR count). The molecule has 2 aromatic rings. The lowest BCUT2D eigenvalue weighted by Gasteiger charge is -2.15. The Labute approximate surface area is 141 Å². The fraction of sp³-hybridized carbons (Fsp3) is 0.143. The van der Waals surface area contributed by atoms with Gasteiger partial charge in [0, 0.05) is 8.95 Å². The van der Waals surface area contributed by atoms with Crippen LogP contribution in [0.3, 0.4) is 0 Å². The topological polar surface area (TPSA) is 72.2 Å². The minimum atomic E-state index is -3.77. The number of hydrogen-bond acceptors (Lipinski definition) is 3. The number of benzene rings is 2. The standard InChI is InChI=1S/C14H14Br2N2O2S/c1-8-6-10(15)13(11(16)7-8)18-21(19,20)14-9(2)4-3-5-12(14)17/h3-7,18H,17H2,1-2H3. The number of sulfonamides is 1. The Bertz CT molecular complexity index is 761. The monoisotopic (exact) mass is 432 g/mol. The molecule has 0 aliphatic heterocycles. The van der Waals surface area contributed by atoms with Crippen molar-refractivity contribution in [1.29, 1.82) is 0 Å². The summed E-state index contributed by atoms with van der Waals surface area (Å²) in [4.78, 5) is 0.101. The van der Waals surface area contributed by atoms with Gasteiger partial charge < -0.3 is 5.73 Å². The molecular weight excluding hydrogens is 420 g/mol. The average Bonchev–Trinajstić information content (AvgIpc) is 2.33. The van der Waals surface area contributed by atoms with Crippen molar-refractivity contribution in [2.75, 3.05) is 10.5 Å². The lowest BCUT2D eigenvalue weighted by Crippen LogP contribution is -2.17. The Morgan fingerprint density at radius 1 is 1.10 bits per heavy atom. The highest BCUT2D eigenvalue weighted by Crippen LogP contribution is 2.35. The quantitative estimate of drug-likeness (QED) is 0.712. The SMILES string of the molecule is Cc1cc(Br)c(NS(=O)(=O)c2c(C)cccc2N)c(Br)c1. The van der Waals surface area contributed by atoms with Gasteiger partial charge in [0.1, 0.15) is 4.90 Å². The van der Waals surface area contributed by atoms with Gasteiger partial charge in [0.2, 0.25) is 0 Å². The van der Waals surface area contributed by atoms with E-state index in [2.05, 4.69) is 36.6 Å². The van der Waals surface area contributed by atoms with Crippen molar-refractivity contribution in [3.63, 3.8) is 0 Å². The number of hydrogen-bond donors (Lipinski definition) is 2. The second kappa shape index (κ2) is 5.98. The first kappa shape index (κ1) is 16.3. The molecule has 4 nitrogen and oxygen atoms in total. The number of halogens is 2. The van der Waals surface area contributed by atoms with Gasteiger partial charge in [-0.3, -0.25) is 4.72 Å². The van der Waals surface area contributed by atoms with Crippen molar-refractivity contribution in [2.45, 2.75) is 18.7 Å². The lowest BCUT2D eigenvalue weighted by atomic mass is 10.2. The minimum Gasteiger partial charge on any atom is -0.398 e. The molecule has 0 fully saturated rings. The molecule has 0 atom stereocenters. The Balaban J connectivity index is 2.53. The summed E-state index contributed by atoms with van der Waals surface area (Å²) in [7, 11) is -3.77. The first-order valence-electron chi connectivity index (χ1n) is 6.06. The van der Waals surface area contributed by atoms with Crippen LogP contribution < -0.4 is 10.5 Å². The van der Waals surface area contributed by atoms with Crippen LogP contribution in [0.4, 0.5) is 11.4 Å². The summed E-state index contributed by atoms with van der Waals surface area (Å²) in [5.74, 6) is 0. The van der Waals surface area contributed by atoms with Gasteiger partial charge in [-0.05, 0) is 75.0 Å². The summed E-state index contributed by atoms with van der Waals surface area (Å²) < 4.78 is 29.1. The van der Waals surface area contributed by atoms with Crippen molar-refractivity contribution >= 4 is 53.3 Å². The van der Waals surface area contributed by atoms with Gasteiger partial charge in [-0.1, -0.05) is 12.1 Å². The molecule has 0 aromatic heterocycles. The molecule has 0 saturated carbocycles. The number of nitrogens with one attached hydrogen (secondary N) is 1. The molecule has 0 aliphatic rings. The zero-order valence-corrected chi connectivity index (χ0v) is 15.4. The van der Waals surface area contributed by atoms with E-state index in [9.17, 15) is 8.42 Å². The van der Waals surface area contributed by atoms with Crippen LogP contribution in [0.2, 0.25) is 0 Å². The van der Waals surface area contributed by atoms with Gasteiger partial charge in [0.25, 0.3) is 10.0 Å². The molecule has 0 unspecified atom stereocenters. The third-order valence-electron chi connectivity index (χ3n) is 2.93. The molecule has 112 valence electrons. The lowest BCUT2D eigenvalue weighted by molar-refractivity contribution is 0.601. The molecule has 0 saturated heterocycles. The first-order valence-corrected chi connectivity index (χ1v) is 9.13. The Kier molecular flexibility index (Phi) is 4.65. The van der Waals surface area contributed by atoms with Gasteiger partial charge in [-0.2, -0.15) is 0 Å². The molecular formula is C14H14Br2N2O2S. The molecule has 21 heavy (non-hydrogen) atoms. The van der Waals surface area contributed by atoms with E-state index in [-0.39, 0.29) is 10.6 Å². The fourth-order valence-electron chi connectivity index (χ4n) is 2.03. The van der Waals surface area contributed by atoms with E-state index in [0.717, 1.165) is 5.56 Å². The van der Waals surface area contributed by atoms with Crippen LogP contribution in [0.5, 0.6) is 0 Å². The fourth-order valence-corrected chi connectivity index (χ4v) is 5.36. The second-order valence-corrected chi connectivity index (χ2v) is 8.03. The summed E-state index contributed by atoms with van der Waals surface area (Å²) in [5, 5.41) is 0. The zero-order chi connectivity index (χ0) is 15.8. The van der Waals surface area contributed by atoms with Crippen LogP contribution in [0.1, 0.15) is 11.1 Å². The van der Waals surface area contributed by atoms with Crippen LogP contribution in [0, 0.1) is 13.8 Å². The van der Waals surface area contributed by atoms with Crippen LogP contribution in [0.15, 0.2) is 44.2 Å². The smallest absolute Gasteiger partial charge is 0.264 e. The van der Waals surface area contributed by atoms with Crippen molar-refractivity contribution < 1.29 is 8.42 Å². The van der Waals surface area contributed by atoms with E-state index in [4.69, 9.17) is 5.73 Å². The maximum atomic E-state index is 12.6. The second-order valence-electron chi connectivity index (χ2n) is 4.70. The molecule has 0 spiro atoms. The van der Waals surface area contributed by atoms with E-state index in [1.165, 1.54) is 0 Å². The molecule has 3 N–H and O–H groups in total. The van der Waals surface area contributed by atoms with Crippen molar-refractivity contribution in [1.82, 2.24) is 0 Å². The molecule has 0 heterocycles. The van der Waals surface area contributed by atoms with Gasteiger partial charge in [-0.25, -0.2) is 8.42 Å². The van der Waals surface area contributed by atoms with Crippen molar-refractivity contribution in [3.05, 3.63) is 50.4 Å². The first-order chi connectivity index (χ1) is 9.72. The van der Waals surface area contributed by atoms with E-state index in [1.807, 2.05) is 19.1 Å². The average molecular weight is 434 g/mol. The van der Waals surface area contributed by atoms with Crippen LogP contribution in [0.25, 0.3) is 0 Å². The Morgan fingerprint density at radius 2 is 1.67 bits per heavy atom. The number of nitrogens with two attached hydrogens (primary N) is 1. The predicted octanol–water partition coefficient (Wildman–Crippen LogP) is 4.21. The number of rotatable bonds is 3. The molecule has 0 amide bonds. The van der Waals surface area contributed by atoms with E-state index in [1.54, 1.807) is 25.1 Å². The molecule has 0 aliphatic carbocycles. The minimum absolute atomic E-state index is 0.101. The van der Waals surface area contributed by atoms with Crippen LogP contribution in [-0.2, 0) is 10.0 Å². The van der Waals surface area contributed by atoms with E-state index >= 15 is 0 Å². The highest BCUT2D eigenvalue weighted by Gasteiger charge is 2.22. The molecule has 2 aromatic carbocycles. The number of nitrogen functional groups attached to an aromatic ring is 1. The number of anilines is 2. The zero-order valence-electron chi connectivity index (χ0n) is 11.4. The van der Waals surface area contributed by atoms with Crippen molar-refractivity contribution in [2.24, 2.45) is 0 Å². The maximum absolute atomic E-state index is 12.6. The Hall–Kier alpha value is -1.05. The van der Waals surface area contributed by atoms with Gasteiger partial charge in [0.15, 0.2) is 0 Å². The van der Waals surface area contributed by atoms with E-state index in [0.29, 0.717) is 20.2 Å². The number of aryl methyl sites for hydroxylation is 2. The molecule has 0 radical (unpaired) electrons. The third-order valence-corrected chi connectivity index (χ3v) is 5.75. The molecule has 7 heteroatoms. The summed E-state index contributed by atoms with van der Waals surface area (Å²) in [6.07, 6.45) is 0. The summed E-state index contributed by atoms with van der Waals surface area (Å²) in [6, 6.07) is 8.68. The summed E-state index contributed by atoms with van der Waals surface area (Å²) in [6.45, 7) is 3.64. The van der Waals surface area contributed by atoms with Crippen molar-refractivity contribution in [3.8, 4) is 0 Å². The highest BCUT2D eigenvalue weighted by molar-refractivity contribution is 9.11. The van der Waals surface area contributed by atoms with Crippen LogP contribution in [-0.4, -0.2) is 8.42 Å².